The summed E-state index contributed by atoms with van der Waals surface area (Å²) < 4.78 is 1.17. The molecule has 1 aromatic carbocycles. The number of anilines is 2. The Morgan fingerprint density at radius 2 is 2.21 bits per heavy atom. The molecule has 0 bridgehead atoms. The normalized spacial score (nSPS) is 14.8. The Kier molecular flexibility index (Phi) is 2.50. The number of nitrogen functional groups attached to an aromatic ring is 1. The number of benzene rings is 1. The third-order valence-electron chi connectivity index (χ3n) is 3.48. The zero-order valence-corrected chi connectivity index (χ0v) is 11.9. The maximum absolute atomic E-state index is 5.83. The summed E-state index contributed by atoms with van der Waals surface area (Å²) in [4.78, 5) is 8.63. The summed E-state index contributed by atoms with van der Waals surface area (Å²) in [7, 11) is 0. The molecule has 3 aromatic rings. The predicted molar refractivity (Wildman–Crippen MR) is 83.1 cm³/mol. The fourth-order valence-electron chi connectivity index (χ4n) is 2.48. The van der Waals surface area contributed by atoms with Crippen LogP contribution in [0.15, 0.2) is 29.6 Å². The van der Waals surface area contributed by atoms with Crippen molar-refractivity contribution in [2.24, 2.45) is 0 Å². The summed E-state index contributed by atoms with van der Waals surface area (Å²) in [6.07, 6.45) is 1.13. The Labute approximate surface area is 119 Å². The standard InChI is InChI=1S/C14H13N3S2/c15-10-1-2-11-13(7-10)19-14(16-11)17-5-3-12-9(8-17)4-6-18-12/h1-2,4,6-7H,3,5,8,15H2. The lowest BCUT2D eigenvalue weighted by Gasteiger charge is -2.26. The highest BCUT2D eigenvalue weighted by molar-refractivity contribution is 7.22. The first kappa shape index (κ1) is 11.3. The van der Waals surface area contributed by atoms with Gasteiger partial charge in [0.15, 0.2) is 5.13 Å². The van der Waals surface area contributed by atoms with Gasteiger partial charge < -0.3 is 10.6 Å². The number of hydrogen-bond donors (Lipinski definition) is 1. The third-order valence-corrected chi connectivity index (χ3v) is 5.58. The molecule has 3 heterocycles. The SMILES string of the molecule is Nc1ccc2nc(N3CCc4sccc4C3)sc2c1. The highest BCUT2D eigenvalue weighted by Gasteiger charge is 2.20. The number of thiophene rings is 1. The van der Waals surface area contributed by atoms with Crippen LogP contribution in [0.1, 0.15) is 10.4 Å². The van der Waals surface area contributed by atoms with Gasteiger partial charge in [-0.2, -0.15) is 0 Å². The number of fused-ring (bicyclic) bond motifs is 2. The van der Waals surface area contributed by atoms with Crippen LogP contribution in [0.3, 0.4) is 0 Å². The monoisotopic (exact) mass is 287 g/mol. The highest BCUT2D eigenvalue weighted by Crippen LogP contribution is 2.33. The minimum Gasteiger partial charge on any atom is -0.399 e. The van der Waals surface area contributed by atoms with Crippen LogP contribution >= 0.6 is 22.7 Å². The van der Waals surface area contributed by atoms with Crippen molar-refractivity contribution in [2.45, 2.75) is 13.0 Å². The summed E-state index contributed by atoms with van der Waals surface area (Å²) in [5.74, 6) is 0. The first-order valence-electron chi connectivity index (χ1n) is 6.26. The second kappa shape index (κ2) is 4.21. The topological polar surface area (TPSA) is 42.1 Å². The second-order valence-corrected chi connectivity index (χ2v) is 6.77. The molecule has 0 aliphatic carbocycles. The van der Waals surface area contributed by atoms with Gasteiger partial charge in [-0.1, -0.05) is 11.3 Å². The molecule has 0 spiro atoms. The van der Waals surface area contributed by atoms with Crippen molar-refractivity contribution in [3.8, 4) is 0 Å². The molecule has 1 aliphatic rings. The van der Waals surface area contributed by atoms with Gasteiger partial charge in [-0.05, 0) is 41.6 Å². The Morgan fingerprint density at radius 3 is 3.16 bits per heavy atom. The van der Waals surface area contributed by atoms with Gasteiger partial charge in [0.1, 0.15) is 0 Å². The van der Waals surface area contributed by atoms with Crippen molar-refractivity contribution in [2.75, 3.05) is 17.2 Å². The molecular formula is C14H13N3S2. The first-order chi connectivity index (χ1) is 9.29. The van der Waals surface area contributed by atoms with Gasteiger partial charge in [0, 0.05) is 23.7 Å². The molecular weight excluding hydrogens is 274 g/mol. The van der Waals surface area contributed by atoms with Crippen molar-refractivity contribution in [1.29, 1.82) is 0 Å². The van der Waals surface area contributed by atoms with E-state index in [9.17, 15) is 0 Å². The fraction of sp³-hybridized carbons (Fsp3) is 0.214. The smallest absolute Gasteiger partial charge is 0.186 e. The lowest BCUT2D eigenvalue weighted by Crippen LogP contribution is -2.29. The Hall–Kier alpha value is -1.59. The van der Waals surface area contributed by atoms with E-state index in [1.165, 1.54) is 15.1 Å². The van der Waals surface area contributed by atoms with Crippen LogP contribution in [0.5, 0.6) is 0 Å². The second-order valence-electron chi connectivity index (χ2n) is 4.76. The van der Waals surface area contributed by atoms with Crippen molar-refractivity contribution >= 4 is 43.7 Å². The van der Waals surface area contributed by atoms with Crippen LogP contribution in [0, 0.1) is 0 Å². The molecule has 0 fully saturated rings. The van der Waals surface area contributed by atoms with Crippen molar-refractivity contribution in [3.05, 3.63) is 40.1 Å². The molecule has 2 aromatic heterocycles. The summed E-state index contributed by atoms with van der Waals surface area (Å²) in [5, 5.41) is 3.30. The lowest BCUT2D eigenvalue weighted by atomic mass is 10.1. The highest BCUT2D eigenvalue weighted by atomic mass is 32.1. The molecule has 0 atom stereocenters. The molecule has 0 unspecified atom stereocenters. The van der Waals surface area contributed by atoms with Crippen LogP contribution < -0.4 is 10.6 Å². The summed E-state index contributed by atoms with van der Waals surface area (Å²) in [5.41, 5.74) is 9.13. The van der Waals surface area contributed by atoms with Crippen molar-refractivity contribution in [1.82, 2.24) is 4.98 Å². The van der Waals surface area contributed by atoms with Crippen LogP contribution in [0.25, 0.3) is 10.2 Å². The minimum absolute atomic E-state index is 0.807. The third kappa shape index (κ3) is 1.89. The van der Waals surface area contributed by atoms with E-state index in [0.717, 1.165) is 35.8 Å². The average molecular weight is 287 g/mol. The van der Waals surface area contributed by atoms with Gasteiger partial charge in [-0.15, -0.1) is 11.3 Å². The van der Waals surface area contributed by atoms with Crippen LogP contribution in [0.4, 0.5) is 10.8 Å². The molecule has 0 saturated heterocycles. The van der Waals surface area contributed by atoms with E-state index in [2.05, 4.69) is 16.3 Å². The molecule has 2 N–H and O–H groups in total. The zero-order valence-electron chi connectivity index (χ0n) is 10.3. The molecule has 0 radical (unpaired) electrons. The Bertz CT molecular complexity index is 744. The molecule has 3 nitrogen and oxygen atoms in total. The number of nitrogens with zero attached hydrogens (tertiary/aromatic N) is 2. The van der Waals surface area contributed by atoms with E-state index in [1.54, 1.807) is 11.3 Å². The van der Waals surface area contributed by atoms with Crippen molar-refractivity contribution in [3.63, 3.8) is 0 Å². The lowest BCUT2D eigenvalue weighted by molar-refractivity contribution is 0.741. The quantitative estimate of drug-likeness (QED) is 0.697. The van der Waals surface area contributed by atoms with E-state index < -0.39 is 0 Å². The average Bonchev–Trinajstić information content (AvgIpc) is 3.02. The van der Waals surface area contributed by atoms with Crippen LogP contribution in [-0.2, 0) is 13.0 Å². The van der Waals surface area contributed by atoms with Crippen molar-refractivity contribution < 1.29 is 0 Å². The number of aromatic nitrogens is 1. The molecule has 19 heavy (non-hydrogen) atoms. The molecule has 0 amide bonds. The molecule has 4 rings (SSSR count). The maximum Gasteiger partial charge on any atom is 0.186 e. The summed E-state index contributed by atoms with van der Waals surface area (Å²) >= 11 is 3.60. The number of rotatable bonds is 1. The largest absolute Gasteiger partial charge is 0.399 e. The van der Waals surface area contributed by atoms with Gasteiger partial charge >= 0.3 is 0 Å². The molecule has 1 aliphatic heterocycles. The van der Waals surface area contributed by atoms with E-state index in [1.807, 2.05) is 29.5 Å². The van der Waals surface area contributed by atoms with E-state index in [-0.39, 0.29) is 0 Å². The minimum atomic E-state index is 0.807. The molecule has 0 saturated carbocycles. The molecule has 5 heteroatoms. The van der Waals surface area contributed by atoms with E-state index in [4.69, 9.17) is 10.7 Å². The first-order valence-corrected chi connectivity index (χ1v) is 7.95. The number of nitrogens with two attached hydrogens (primary N) is 1. The van der Waals surface area contributed by atoms with Gasteiger partial charge in [-0.25, -0.2) is 4.98 Å². The predicted octanol–water partition coefficient (Wildman–Crippen LogP) is 3.50. The zero-order chi connectivity index (χ0) is 12.8. The Morgan fingerprint density at radius 1 is 1.26 bits per heavy atom. The number of hydrogen-bond acceptors (Lipinski definition) is 5. The maximum atomic E-state index is 5.83. The summed E-state index contributed by atoms with van der Waals surface area (Å²) in [6.45, 7) is 2.04. The number of thiazole rings is 1. The Balaban J connectivity index is 1.71. The van der Waals surface area contributed by atoms with Crippen LogP contribution in [-0.4, -0.2) is 11.5 Å². The fourth-order valence-corrected chi connectivity index (χ4v) is 4.40. The van der Waals surface area contributed by atoms with Crippen LogP contribution in [0.2, 0.25) is 0 Å². The van der Waals surface area contributed by atoms with E-state index >= 15 is 0 Å². The van der Waals surface area contributed by atoms with Gasteiger partial charge in [0.2, 0.25) is 0 Å². The summed E-state index contributed by atoms with van der Waals surface area (Å²) in [6, 6.07) is 8.16. The van der Waals surface area contributed by atoms with Gasteiger partial charge in [-0.3, -0.25) is 0 Å². The van der Waals surface area contributed by atoms with Gasteiger partial charge in [0.25, 0.3) is 0 Å². The molecule has 96 valence electrons. The van der Waals surface area contributed by atoms with Gasteiger partial charge in [0.05, 0.1) is 10.2 Å². The van der Waals surface area contributed by atoms with E-state index in [0.29, 0.717) is 0 Å².